The lowest BCUT2D eigenvalue weighted by molar-refractivity contribution is 0.0367. The molecule has 2 heteroatoms. The summed E-state index contributed by atoms with van der Waals surface area (Å²) in [4.78, 5) is 0. The molecule has 62 valence electrons. The van der Waals surface area contributed by atoms with E-state index in [0.29, 0.717) is 0 Å². The van der Waals surface area contributed by atoms with Gasteiger partial charge < -0.3 is 4.74 Å². The quantitative estimate of drug-likeness (QED) is 0.608. The van der Waals surface area contributed by atoms with E-state index < -0.39 is 0 Å². The van der Waals surface area contributed by atoms with E-state index in [0.717, 1.165) is 38.9 Å². The first-order valence-corrected chi connectivity index (χ1v) is 4.32. The monoisotopic (exact) mass is 153 g/mol. The fraction of sp³-hybridized carbons (Fsp3) is 0.889. The Morgan fingerprint density at radius 2 is 2.09 bits per heavy atom. The summed E-state index contributed by atoms with van der Waals surface area (Å²) in [6.45, 7) is 3.68. The molecule has 0 aromatic heterocycles. The highest BCUT2D eigenvalue weighted by molar-refractivity contribution is 4.99. The SMILES string of the molecule is CCCC1(C#N)CCOCC1. The molecule has 0 atom stereocenters. The molecule has 1 rings (SSSR count). The van der Waals surface area contributed by atoms with Crippen molar-refractivity contribution in [1.29, 1.82) is 5.26 Å². The Kier molecular flexibility index (Phi) is 2.90. The van der Waals surface area contributed by atoms with E-state index in [4.69, 9.17) is 10.00 Å². The Balaban J connectivity index is 2.51. The highest BCUT2D eigenvalue weighted by Gasteiger charge is 2.31. The molecule has 11 heavy (non-hydrogen) atoms. The van der Waals surface area contributed by atoms with Crippen LogP contribution in [-0.4, -0.2) is 13.2 Å². The third-order valence-electron chi connectivity index (χ3n) is 2.42. The zero-order chi connectivity index (χ0) is 8.16. The van der Waals surface area contributed by atoms with Crippen LogP contribution in [0.5, 0.6) is 0 Å². The van der Waals surface area contributed by atoms with Crippen molar-refractivity contribution < 1.29 is 4.74 Å². The van der Waals surface area contributed by atoms with Gasteiger partial charge in [0.1, 0.15) is 0 Å². The Labute approximate surface area is 68.2 Å². The zero-order valence-corrected chi connectivity index (χ0v) is 7.10. The minimum atomic E-state index is -0.0486. The molecule has 0 amide bonds. The topological polar surface area (TPSA) is 33.0 Å². The Morgan fingerprint density at radius 1 is 1.45 bits per heavy atom. The van der Waals surface area contributed by atoms with Crippen LogP contribution in [0.3, 0.4) is 0 Å². The van der Waals surface area contributed by atoms with Gasteiger partial charge in [0.2, 0.25) is 0 Å². The second-order valence-corrected chi connectivity index (χ2v) is 3.25. The lowest BCUT2D eigenvalue weighted by Gasteiger charge is -2.30. The Bertz CT molecular complexity index is 148. The summed E-state index contributed by atoms with van der Waals surface area (Å²) in [5.74, 6) is 0. The second kappa shape index (κ2) is 3.73. The van der Waals surface area contributed by atoms with Gasteiger partial charge in [-0.15, -0.1) is 0 Å². The first kappa shape index (κ1) is 8.55. The minimum absolute atomic E-state index is 0.0486. The molecule has 0 unspecified atom stereocenters. The summed E-state index contributed by atoms with van der Waals surface area (Å²) in [7, 11) is 0. The summed E-state index contributed by atoms with van der Waals surface area (Å²) in [5, 5.41) is 8.97. The molecule has 2 nitrogen and oxygen atoms in total. The van der Waals surface area contributed by atoms with Crippen molar-refractivity contribution in [2.24, 2.45) is 5.41 Å². The number of hydrogen-bond acceptors (Lipinski definition) is 2. The second-order valence-electron chi connectivity index (χ2n) is 3.25. The fourth-order valence-corrected chi connectivity index (χ4v) is 1.66. The zero-order valence-electron chi connectivity index (χ0n) is 7.10. The standard InChI is InChI=1S/C9H15NO/c1-2-3-9(8-10)4-6-11-7-5-9/h2-7H2,1H3. The van der Waals surface area contributed by atoms with E-state index in [1.54, 1.807) is 0 Å². The predicted octanol–water partition coefficient (Wildman–Crippen LogP) is 2.11. The van der Waals surface area contributed by atoms with Gasteiger partial charge in [-0.2, -0.15) is 5.26 Å². The van der Waals surface area contributed by atoms with E-state index >= 15 is 0 Å². The van der Waals surface area contributed by atoms with E-state index in [9.17, 15) is 0 Å². The highest BCUT2D eigenvalue weighted by Crippen LogP contribution is 2.34. The molecule has 0 spiro atoms. The van der Waals surface area contributed by atoms with Crippen molar-refractivity contribution in [1.82, 2.24) is 0 Å². The number of hydrogen-bond donors (Lipinski definition) is 0. The summed E-state index contributed by atoms with van der Waals surface area (Å²) in [6.07, 6.45) is 4.00. The Hall–Kier alpha value is -0.550. The van der Waals surface area contributed by atoms with Crippen molar-refractivity contribution in [2.45, 2.75) is 32.6 Å². The van der Waals surface area contributed by atoms with Crippen LogP contribution in [0, 0.1) is 16.7 Å². The highest BCUT2D eigenvalue weighted by atomic mass is 16.5. The van der Waals surface area contributed by atoms with E-state index in [1.165, 1.54) is 0 Å². The van der Waals surface area contributed by atoms with Crippen LogP contribution in [-0.2, 0) is 4.74 Å². The van der Waals surface area contributed by atoms with Gasteiger partial charge in [0.05, 0.1) is 11.5 Å². The molecule has 0 radical (unpaired) electrons. The van der Waals surface area contributed by atoms with Crippen LogP contribution in [0.25, 0.3) is 0 Å². The lowest BCUT2D eigenvalue weighted by atomic mass is 9.78. The number of rotatable bonds is 2. The average molecular weight is 153 g/mol. The predicted molar refractivity (Wildman–Crippen MR) is 43.0 cm³/mol. The van der Waals surface area contributed by atoms with Crippen LogP contribution in [0.4, 0.5) is 0 Å². The van der Waals surface area contributed by atoms with Crippen LogP contribution in [0.1, 0.15) is 32.6 Å². The summed E-state index contributed by atoms with van der Waals surface area (Å²) >= 11 is 0. The maximum atomic E-state index is 8.97. The average Bonchev–Trinajstić information content (AvgIpc) is 2.07. The van der Waals surface area contributed by atoms with Gasteiger partial charge in [-0.05, 0) is 19.3 Å². The maximum Gasteiger partial charge on any atom is 0.0691 e. The smallest absolute Gasteiger partial charge is 0.0691 e. The minimum Gasteiger partial charge on any atom is -0.381 e. The van der Waals surface area contributed by atoms with E-state index in [2.05, 4.69) is 13.0 Å². The third-order valence-corrected chi connectivity index (χ3v) is 2.42. The molecule has 0 aromatic carbocycles. The van der Waals surface area contributed by atoms with Crippen molar-refractivity contribution in [2.75, 3.05) is 13.2 Å². The van der Waals surface area contributed by atoms with Crippen molar-refractivity contribution in [3.8, 4) is 6.07 Å². The number of nitrogens with zero attached hydrogens (tertiary/aromatic N) is 1. The van der Waals surface area contributed by atoms with Crippen LogP contribution >= 0.6 is 0 Å². The number of nitriles is 1. The van der Waals surface area contributed by atoms with Crippen LogP contribution < -0.4 is 0 Å². The molecule has 1 aliphatic heterocycles. The van der Waals surface area contributed by atoms with Gasteiger partial charge in [0, 0.05) is 13.2 Å². The molecule has 0 bridgehead atoms. The summed E-state index contributed by atoms with van der Waals surface area (Å²) in [6, 6.07) is 2.44. The first-order valence-electron chi connectivity index (χ1n) is 4.32. The number of ether oxygens (including phenoxy) is 1. The molecule has 0 aromatic rings. The molecule has 0 N–H and O–H groups in total. The molecular formula is C9H15NO. The summed E-state index contributed by atoms with van der Waals surface area (Å²) in [5.41, 5.74) is -0.0486. The van der Waals surface area contributed by atoms with Gasteiger partial charge in [-0.25, -0.2) is 0 Å². The third kappa shape index (κ3) is 1.94. The van der Waals surface area contributed by atoms with Crippen molar-refractivity contribution >= 4 is 0 Å². The lowest BCUT2D eigenvalue weighted by Crippen LogP contribution is -2.27. The van der Waals surface area contributed by atoms with E-state index in [-0.39, 0.29) is 5.41 Å². The largest absolute Gasteiger partial charge is 0.381 e. The van der Waals surface area contributed by atoms with E-state index in [1.807, 2.05) is 0 Å². The molecule has 0 aliphatic carbocycles. The summed E-state index contributed by atoms with van der Waals surface area (Å²) < 4.78 is 5.22. The molecular weight excluding hydrogens is 138 g/mol. The van der Waals surface area contributed by atoms with Crippen LogP contribution in [0.2, 0.25) is 0 Å². The van der Waals surface area contributed by atoms with Gasteiger partial charge in [-0.1, -0.05) is 13.3 Å². The van der Waals surface area contributed by atoms with Crippen LogP contribution in [0.15, 0.2) is 0 Å². The van der Waals surface area contributed by atoms with Gasteiger partial charge in [0.15, 0.2) is 0 Å². The van der Waals surface area contributed by atoms with Crippen molar-refractivity contribution in [3.63, 3.8) is 0 Å². The normalized spacial score (nSPS) is 22.5. The fourth-order valence-electron chi connectivity index (χ4n) is 1.66. The molecule has 1 fully saturated rings. The van der Waals surface area contributed by atoms with Crippen molar-refractivity contribution in [3.05, 3.63) is 0 Å². The molecule has 1 heterocycles. The maximum absolute atomic E-state index is 8.97. The Morgan fingerprint density at radius 3 is 2.55 bits per heavy atom. The molecule has 1 saturated heterocycles. The molecule has 0 saturated carbocycles. The van der Waals surface area contributed by atoms with Gasteiger partial charge >= 0.3 is 0 Å². The molecule has 1 aliphatic rings. The van der Waals surface area contributed by atoms with Gasteiger partial charge in [-0.3, -0.25) is 0 Å². The van der Waals surface area contributed by atoms with Gasteiger partial charge in [0.25, 0.3) is 0 Å². The first-order chi connectivity index (χ1) is 5.33.